The average Bonchev–Trinajstić information content (AvgIpc) is 3.46. The van der Waals surface area contributed by atoms with Crippen molar-refractivity contribution in [3.63, 3.8) is 0 Å². The van der Waals surface area contributed by atoms with Crippen LogP contribution >= 0.6 is 11.8 Å². The van der Waals surface area contributed by atoms with Gasteiger partial charge < -0.3 is 4.42 Å². The Hall–Kier alpha value is -2.69. The molecule has 34 heavy (non-hydrogen) atoms. The third-order valence-electron chi connectivity index (χ3n) is 5.79. The normalized spacial score (nSPS) is 13.1. The molecule has 4 rings (SSSR count). The van der Waals surface area contributed by atoms with E-state index < -0.39 is 10.0 Å². The molecule has 0 spiro atoms. The summed E-state index contributed by atoms with van der Waals surface area (Å²) in [5.41, 5.74) is 2.30. The van der Waals surface area contributed by atoms with Crippen LogP contribution in [-0.2, 0) is 15.8 Å². The van der Waals surface area contributed by atoms with Crippen molar-refractivity contribution in [3.05, 3.63) is 54.4 Å². The van der Waals surface area contributed by atoms with Gasteiger partial charge in [-0.25, -0.2) is 13.4 Å². The Balaban J connectivity index is 1.67. The van der Waals surface area contributed by atoms with Crippen molar-refractivity contribution in [1.82, 2.24) is 24.1 Å². The molecule has 4 aromatic rings. The Morgan fingerprint density at radius 2 is 1.82 bits per heavy atom. The molecule has 0 aliphatic rings. The van der Waals surface area contributed by atoms with Crippen LogP contribution in [0.3, 0.4) is 0 Å². The van der Waals surface area contributed by atoms with Gasteiger partial charge in [-0.15, -0.1) is 10.2 Å². The molecule has 0 saturated heterocycles. The van der Waals surface area contributed by atoms with E-state index in [9.17, 15) is 8.42 Å². The largest absolute Gasteiger partial charge is 0.440 e. The minimum atomic E-state index is -3.57. The highest BCUT2D eigenvalue weighted by molar-refractivity contribution is 7.98. The van der Waals surface area contributed by atoms with E-state index in [4.69, 9.17) is 4.42 Å². The van der Waals surface area contributed by atoms with E-state index >= 15 is 0 Å². The summed E-state index contributed by atoms with van der Waals surface area (Å²) >= 11 is 1.50. The fourth-order valence-electron chi connectivity index (χ4n) is 3.77. The summed E-state index contributed by atoms with van der Waals surface area (Å²) < 4.78 is 35.5. The monoisotopic (exact) mass is 499 g/mol. The molecule has 2 aromatic carbocycles. The van der Waals surface area contributed by atoms with Gasteiger partial charge >= 0.3 is 0 Å². The number of hydrogen-bond donors (Lipinski definition) is 0. The molecular formula is C24H29N5O3S2. The standard InChI is InChI=1S/C24H29N5O3S2/c1-5-17(4)29-23(18-11-10-12-19(15-18)34(30,31)28(6-2)7-3)26-27-24(29)33-16-22-25-20-13-8-9-14-21(20)32-22/h8-15,17H,5-7,16H2,1-4H3. The van der Waals surface area contributed by atoms with Gasteiger partial charge in [0.15, 0.2) is 16.6 Å². The van der Waals surface area contributed by atoms with Crippen LogP contribution in [0.1, 0.15) is 46.0 Å². The fourth-order valence-corrected chi connectivity index (χ4v) is 6.15. The number of hydrogen-bond acceptors (Lipinski definition) is 7. The lowest BCUT2D eigenvalue weighted by Crippen LogP contribution is -2.30. The maximum atomic E-state index is 13.1. The van der Waals surface area contributed by atoms with Crippen LogP contribution in [0, 0.1) is 0 Å². The second-order valence-corrected chi connectivity index (χ2v) is 10.8. The van der Waals surface area contributed by atoms with E-state index in [0.29, 0.717) is 30.6 Å². The Labute approximate surface area is 204 Å². The molecule has 1 atom stereocenters. The summed E-state index contributed by atoms with van der Waals surface area (Å²) in [5, 5.41) is 9.63. The Kier molecular flexibility index (Phi) is 7.39. The maximum absolute atomic E-state index is 13.1. The summed E-state index contributed by atoms with van der Waals surface area (Å²) in [5.74, 6) is 1.78. The molecule has 0 fully saturated rings. The van der Waals surface area contributed by atoms with Crippen LogP contribution in [0.4, 0.5) is 0 Å². The highest BCUT2D eigenvalue weighted by Gasteiger charge is 2.24. The quantitative estimate of drug-likeness (QED) is 0.270. The Morgan fingerprint density at radius 3 is 2.53 bits per heavy atom. The number of para-hydroxylation sites is 2. The number of sulfonamides is 1. The summed E-state index contributed by atoms with van der Waals surface area (Å²) in [6, 6.07) is 14.7. The molecule has 0 saturated carbocycles. The van der Waals surface area contributed by atoms with Gasteiger partial charge in [-0.05, 0) is 37.6 Å². The van der Waals surface area contributed by atoms with Crippen molar-refractivity contribution in [2.75, 3.05) is 13.1 Å². The highest BCUT2D eigenvalue weighted by atomic mass is 32.2. The number of benzene rings is 2. The summed E-state index contributed by atoms with van der Waals surface area (Å²) in [7, 11) is -3.57. The van der Waals surface area contributed by atoms with E-state index in [1.165, 1.54) is 16.1 Å². The number of oxazole rings is 1. The minimum Gasteiger partial charge on any atom is -0.440 e. The van der Waals surface area contributed by atoms with Gasteiger partial charge in [0.1, 0.15) is 5.52 Å². The van der Waals surface area contributed by atoms with Crippen LogP contribution in [0.15, 0.2) is 63.0 Å². The fraction of sp³-hybridized carbons (Fsp3) is 0.375. The first-order chi connectivity index (χ1) is 16.4. The number of fused-ring (bicyclic) bond motifs is 1. The molecule has 0 bridgehead atoms. The molecule has 0 N–H and O–H groups in total. The molecule has 2 aromatic heterocycles. The van der Waals surface area contributed by atoms with E-state index in [1.54, 1.807) is 18.2 Å². The van der Waals surface area contributed by atoms with Crippen LogP contribution < -0.4 is 0 Å². The van der Waals surface area contributed by atoms with Gasteiger partial charge in [-0.2, -0.15) is 4.31 Å². The van der Waals surface area contributed by atoms with Gasteiger partial charge in [-0.3, -0.25) is 4.57 Å². The van der Waals surface area contributed by atoms with E-state index in [0.717, 1.165) is 28.2 Å². The van der Waals surface area contributed by atoms with Crippen molar-refractivity contribution in [2.24, 2.45) is 0 Å². The van der Waals surface area contributed by atoms with Crippen molar-refractivity contribution in [2.45, 2.75) is 56.0 Å². The Morgan fingerprint density at radius 1 is 1.06 bits per heavy atom. The third-order valence-corrected chi connectivity index (χ3v) is 8.77. The van der Waals surface area contributed by atoms with Gasteiger partial charge in [0.25, 0.3) is 0 Å². The molecule has 10 heteroatoms. The van der Waals surface area contributed by atoms with Crippen molar-refractivity contribution in [1.29, 1.82) is 0 Å². The van der Waals surface area contributed by atoms with Crippen LogP contribution in [0.25, 0.3) is 22.5 Å². The number of rotatable bonds is 10. The maximum Gasteiger partial charge on any atom is 0.243 e. The number of nitrogens with zero attached hydrogens (tertiary/aromatic N) is 5. The van der Waals surface area contributed by atoms with Crippen LogP contribution in [-0.4, -0.2) is 45.6 Å². The molecule has 180 valence electrons. The first kappa shape index (κ1) is 24.4. The zero-order chi connectivity index (χ0) is 24.3. The van der Waals surface area contributed by atoms with Crippen LogP contribution in [0.2, 0.25) is 0 Å². The molecule has 0 aliphatic heterocycles. The van der Waals surface area contributed by atoms with E-state index in [-0.39, 0.29) is 10.9 Å². The Bertz CT molecular complexity index is 1340. The number of aromatic nitrogens is 4. The minimum absolute atomic E-state index is 0.124. The smallest absolute Gasteiger partial charge is 0.243 e. The van der Waals surface area contributed by atoms with Gasteiger partial charge in [0, 0.05) is 24.7 Å². The highest BCUT2D eigenvalue weighted by Crippen LogP contribution is 2.32. The SMILES string of the molecule is CCC(C)n1c(SCc2nc3ccccc3o2)nnc1-c1cccc(S(=O)(=O)N(CC)CC)c1. The number of thioether (sulfide) groups is 1. The molecule has 0 amide bonds. The predicted molar refractivity (Wildman–Crippen MR) is 134 cm³/mol. The molecule has 0 radical (unpaired) electrons. The first-order valence-electron chi connectivity index (χ1n) is 11.4. The molecule has 2 heterocycles. The zero-order valence-electron chi connectivity index (χ0n) is 19.8. The molecule has 0 aliphatic carbocycles. The summed E-state index contributed by atoms with van der Waals surface area (Å²) in [4.78, 5) is 4.80. The lowest BCUT2D eigenvalue weighted by Gasteiger charge is -2.19. The second-order valence-electron chi connectivity index (χ2n) is 7.91. The van der Waals surface area contributed by atoms with Gasteiger partial charge in [0.05, 0.1) is 10.6 Å². The topological polar surface area (TPSA) is 94.1 Å². The predicted octanol–water partition coefficient (Wildman–Crippen LogP) is 5.38. The van der Waals surface area contributed by atoms with Gasteiger partial charge in [0.2, 0.25) is 15.9 Å². The zero-order valence-corrected chi connectivity index (χ0v) is 21.4. The van der Waals surface area contributed by atoms with Crippen molar-refractivity contribution in [3.8, 4) is 11.4 Å². The average molecular weight is 500 g/mol. The summed E-state index contributed by atoms with van der Waals surface area (Å²) in [6.07, 6.45) is 0.874. The van der Waals surface area contributed by atoms with Gasteiger partial charge in [-0.1, -0.05) is 56.8 Å². The third kappa shape index (κ3) is 4.75. The molecule has 1 unspecified atom stereocenters. The van der Waals surface area contributed by atoms with E-state index in [2.05, 4.69) is 33.6 Å². The lowest BCUT2D eigenvalue weighted by atomic mass is 10.2. The van der Waals surface area contributed by atoms with Crippen molar-refractivity contribution >= 4 is 32.9 Å². The molecule has 8 nitrogen and oxygen atoms in total. The van der Waals surface area contributed by atoms with Crippen LogP contribution in [0.5, 0.6) is 0 Å². The first-order valence-corrected chi connectivity index (χ1v) is 13.8. The summed E-state index contributed by atoms with van der Waals surface area (Å²) in [6.45, 7) is 8.72. The molecular weight excluding hydrogens is 470 g/mol. The second kappa shape index (κ2) is 10.3. The lowest BCUT2D eigenvalue weighted by molar-refractivity contribution is 0.445. The van der Waals surface area contributed by atoms with Crippen molar-refractivity contribution < 1.29 is 12.8 Å². The van der Waals surface area contributed by atoms with E-state index in [1.807, 2.05) is 44.2 Å².